The summed E-state index contributed by atoms with van der Waals surface area (Å²) in [5, 5.41) is 0. The molecule has 2 aromatic rings. The van der Waals surface area contributed by atoms with Crippen LogP contribution in [0.25, 0.3) is 5.52 Å². The molecule has 4 aliphatic carbocycles. The van der Waals surface area contributed by atoms with Crippen LogP contribution in [0.3, 0.4) is 0 Å². The van der Waals surface area contributed by atoms with Gasteiger partial charge in [-0.25, -0.2) is 0 Å². The molecule has 2 heteroatoms. The number of halogens is 1. The molecule has 0 amide bonds. The molecule has 6 rings (SSSR count). The average Bonchev–Trinajstić information content (AvgIpc) is 2.80. The minimum Gasteiger partial charge on any atom is -0.324 e. The maximum Gasteiger partial charge on any atom is 0.0460 e. The highest BCUT2D eigenvalue weighted by Gasteiger charge is 2.57. The third-order valence-corrected chi connectivity index (χ3v) is 6.55. The molecule has 0 N–H and O–H groups in total. The summed E-state index contributed by atoms with van der Waals surface area (Å²) in [6.07, 6.45) is 12.4. The molecule has 104 valence electrons. The maximum absolute atomic E-state index is 6.96. The summed E-state index contributed by atoms with van der Waals surface area (Å²) in [5.41, 5.74) is 3.24. The Morgan fingerprint density at radius 2 is 1.90 bits per heavy atom. The lowest BCUT2D eigenvalue weighted by atomic mass is 9.48. The van der Waals surface area contributed by atoms with Gasteiger partial charge in [-0.05, 0) is 79.5 Å². The van der Waals surface area contributed by atoms with Gasteiger partial charge in [0.05, 0.1) is 0 Å². The van der Waals surface area contributed by atoms with E-state index >= 15 is 0 Å². The molecule has 0 aliphatic heterocycles. The van der Waals surface area contributed by atoms with E-state index in [0.29, 0.717) is 5.41 Å². The van der Waals surface area contributed by atoms with Crippen molar-refractivity contribution in [2.75, 3.05) is 0 Å². The summed E-state index contributed by atoms with van der Waals surface area (Å²) in [6, 6.07) is 8.86. The molecule has 0 spiro atoms. The Hall–Kier alpha value is -0.950. The monoisotopic (exact) mass is 285 g/mol. The molecule has 4 saturated carbocycles. The minimum absolute atomic E-state index is 0.109. The zero-order valence-electron chi connectivity index (χ0n) is 11.7. The Morgan fingerprint density at radius 3 is 2.60 bits per heavy atom. The van der Waals surface area contributed by atoms with Gasteiger partial charge in [0, 0.05) is 22.8 Å². The van der Waals surface area contributed by atoms with E-state index in [1.165, 1.54) is 44.0 Å². The van der Waals surface area contributed by atoms with Crippen molar-refractivity contribution in [1.29, 1.82) is 0 Å². The normalized spacial score (nSPS) is 42.5. The van der Waals surface area contributed by atoms with Gasteiger partial charge in [0.25, 0.3) is 0 Å². The Kier molecular flexibility index (Phi) is 2.12. The van der Waals surface area contributed by atoms with Gasteiger partial charge in [0.1, 0.15) is 0 Å². The van der Waals surface area contributed by atoms with Gasteiger partial charge >= 0.3 is 0 Å². The lowest BCUT2D eigenvalue weighted by molar-refractivity contribution is 0.00904. The van der Waals surface area contributed by atoms with Crippen molar-refractivity contribution in [1.82, 2.24) is 4.40 Å². The van der Waals surface area contributed by atoms with Crippen LogP contribution < -0.4 is 0 Å². The summed E-state index contributed by atoms with van der Waals surface area (Å²) in [6.45, 7) is 0. The highest BCUT2D eigenvalue weighted by atomic mass is 35.5. The smallest absolute Gasteiger partial charge is 0.0460 e. The van der Waals surface area contributed by atoms with Crippen molar-refractivity contribution < 1.29 is 0 Å². The van der Waals surface area contributed by atoms with E-state index < -0.39 is 0 Å². The van der Waals surface area contributed by atoms with E-state index in [2.05, 4.69) is 41.1 Å². The summed E-state index contributed by atoms with van der Waals surface area (Å²) >= 11 is 6.96. The molecule has 1 nitrogen and oxygen atoms in total. The largest absolute Gasteiger partial charge is 0.324 e. The molecular weight excluding hydrogens is 266 g/mol. The molecule has 2 atom stereocenters. The number of nitrogens with zero attached hydrogens (tertiary/aromatic N) is 1. The summed E-state index contributed by atoms with van der Waals surface area (Å²) in [7, 11) is 0. The summed E-state index contributed by atoms with van der Waals surface area (Å²) in [4.78, 5) is 0.109. The molecule has 4 aliphatic rings. The Bertz CT molecular complexity index is 639. The Labute approximate surface area is 124 Å². The predicted octanol–water partition coefficient (Wildman–Crippen LogP) is 4.77. The Morgan fingerprint density at radius 1 is 1.10 bits per heavy atom. The molecule has 0 saturated heterocycles. The number of fused-ring (bicyclic) bond motifs is 1. The fourth-order valence-corrected chi connectivity index (χ4v) is 6.53. The quantitative estimate of drug-likeness (QED) is 0.665. The minimum atomic E-state index is 0.109. The molecule has 2 unspecified atom stereocenters. The fraction of sp³-hybridized carbons (Fsp3) is 0.556. The summed E-state index contributed by atoms with van der Waals surface area (Å²) in [5.74, 6) is 1.74. The first-order chi connectivity index (χ1) is 9.64. The second-order valence-electron chi connectivity index (χ2n) is 7.65. The first-order valence-electron chi connectivity index (χ1n) is 7.90. The lowest BCUT2D eigenvalue weighted by Gasteiger charge is -2.60. The highest BCUT2D eigenvalue weighted by molar-refractivity contribution is 6.24. The van der Waals surface area contributed by atoms with Crippen molar-refractivity contribution in [3.05, 3.63) is 42.2 Å². The fourth-order valence-electron chi connectivity index (χ4n) is 5.83. The van der Waals surface area contributed by atoms with E-state index in [4.69, 9.17) is 11.6 Å². The molecule has 4 fully saturated rings. The topological polar surface area (TPSA) is 4.41 Å². The van der Waals surface area contributed by atoms with Crippen LogP contribution in [0.4, 0.5) is 0 Å². The van der Waals surface area contributed by atoms with Crippen LogP contribution in [0.5, 0.6) is 0 Å². The molecule has 0 aromatic carbocycles. The number of rotatable bonds is 1. The zero-order valence-corrected chi connectivity index (χ0v) is 12.4. The van der Waals surface area contributed by atoms with E-state index in [9.17, 15) is 0 Å². The maximum atomic E-state index is 6.96. The van der Waals surface area contributed by atoms with Gasteiger partial charge in [0.15, 0.2) is 0 Å². The third-order valence-electron chi connectivity index (χ3n) is 6.11. The first kappa shape index (κ1) is 11.7. The lowest BCUT2D eigenvalue weighted by Crippen LogP contribution is -2.54. The predicted molar refractivity (Wildman–Crippen MR) is 82.3 cm³/mol. The van der Waals surface area contributed by atoms with Gasteiger partial charge in [0.2, 0.25) is 0 Å². The van der Waals surface area contributed by atoms with Crippen molar-refractivity contribution in [2.24, 2.45) is 11.8 Å². The van der Waals surface area contributed by atoms with Crippen LogP contribution in [-0.4, -0.2) is 9.27 Å². The zero-order chi connectivity index (χ0) is 13.4. The third kappa shape index (κ3) is 1.50. The molecule has 20 heavy (non-hydrogen) atoms. The molecule has 4 bridgehead atoms. The van der Waals surface area contributed by atoms with Gasteiger partial charge < -0.3 is 4.40 Å². The van der Waals surface area contributed by atoms with E-state index in [1.807, 2.05) is 0 Å². The van der Waals surface area contributed by atoms with E-state index in [1.54, 1.807) is 5.56 Å². The average molecular weight is 286 g/mol. The van der Waals surface area contributed by atoms with Gasteiger partial charge in [-0.2, -0.15) is 0 Å². The number of aromatic nitrogens is 1. The van der Waals surface area contributed by atoms with Crippen molar-refractivity contribution in [3.63, 3.8) is 0 Å². The number of hydrogen-bond acceptors (Lipinski definition) is 0. The molecule has 2 heterocycles. The van der Waals surface area contributed by atoms with Crippen LogP contribution in [0.15, 0.2) is 36.7 Å². The number of hydrogen-bond donors (Lipinski definition) is 0. The Balaban J connectivity index is 1.65. The number of pyridine rings is 1. The second-order valence-corrected chi connectivity index (χ2v) is 8.46. The van der Waals surface area contributed by atoms with Gasteiger partial charge in [-0.15, -0.1) is 11.6 Å². The SMILES string of the molecule is ClC12CC3CC(C1)CC(c1cc4ccccn4c1)(C3)C2. The van der Waals surface area contributed by atoms with Crippen LogP contribution in [0, 0.1) is 11.8 Å². The molecule has 2 aromatic heterocycles. The molecular formula is C18H20ClN. The van der Waals surface area contributed by atoms with Crippen LogP contribution in [0.2, 0.25) is 0 Å². The standard InChI is InChI=1S/C18H20ClN/c19-18-9-13-5-14(10-18)8-17(7-13,12-18)15-6-16-3-1-2-4-20(16)11-15/h1-4,6,11,13-14H,5,7-10,12H2. The van der Waals surface area contributed by atoms with E-state index in [0.717, 1.165) is 11.8 Å². The van der Waals surface area contributed by atoms with Gasteiger partial charge in [-0.1, -0.05) is 6.07 Å². The number of alkyl halides is 1. The van der Waals surface area contributed by atoms with Crippen molar-refractivity contribution >= 4 is 17.1 Å². The molecule has 0 radical (unpaired) electrons. The van der Waals surface area contributed by atoms with Crippen LogP contribution in [0.1, 0.15) is 44.1 Å². The van der Waals surface area contributed by atoms with Crippen LogP contribution in [-0.2, 0) is 5.41 Å². The van der Waals surface area contributed by atoms with Crippen molar-refractivity contribution in [2.45, 2.75) is 48.8 Å². The summed E-state index contributed by atoms with van der Waals surface area (Å²) < 4.78 is 2.27. The van der Waals surface area contributed by atoms with Crippen LogP contribution >= 0.6 is 11.6 Å². The van der Waals surface area contributed by atoms with Crippen molar-refractivity contribution in [3.8, 4) is 0 Å². The van der Waals surface area contributed by atoms with Gasteiger partial charge in [-0.3, -0.25) is 0 Å². The van der Waals surface area contributed by atoms with E-state index in [-0.39, 0.29) is 4.87 Å². The first-order valence-corrected chi connectivity index (χ1v) is 8.28. The highest BCUT2D eigenvalue weighted by Crippen LogP contribution is 2.64. The second kappa shape index (κ2) is 3.62.